The summed E-state index contributed by atoms with van der Waals surface area (Å²) in [6, 6.07) is 0. The zero-order valence-electron chi connectivity index (χ0n) is 3.52. The minimum atomic E-state index is -4.64. The number of hydrogen-bond donors (Lipinski definition) is 3. The van der Waals surface area contributed by atoms with Crippen molar-refractivity contribution in [3.05, 3.63) is 0 Å². The topological polar surface area (TPSA) is 109 Å². The monoisotopic (exact) mass is 210 g/mol. The van der Waals surface area contributed by atoms with Crippen LogP contribution in [0.15, 0.2) is 0 Å². The number of rotatable bonds is 0. The summed E-state index contributed by atoms with van der Waals surface area (Å²) < 4.78 is 8.88. The van der Waals surface area contributed by atoms with E-state index in [-0.39, 0.29) is 58.3 Å². The predicted octanol–water partition coefficient (Wildman–Crippen LogP) is -1.98. The standard InChI is InChI=1S/F.Na.H3O4P.H2O.V.H/c;;1-5(2,3)4;;;/h;;(H3,1,2,3,4);1H2;;. The average Bonchev–Trinajstić information content (AvgIpc) is 0.722. The van der Waals surface area contributed by atoms with Crippen LogP contribution < -0.4 is 0 Å². The van der Waals surface area contributed by atoms with Crippen molar-refractivity contribution in [1.29, 1.82) is 0 Å². The van der Waals surface area contributed by atoms with Crippen LogP contribution in [-0.2, 0) is 23.1 Å². The van der Waals surface area contributed by atoms with Crippen molar-refractivity contribution < 1.29 is 48.0 Å². The van der Waals surface area contributed by atoms with E-state index in [0.29, 0.717) is 0 Å². The van der Waals surface area contributed by atoms with Gasteiger partial charge in [-0.15, -0.1) is 0 Å². The Morgan fingerprint density at radius 3 is 1.11 bits per heavy atom. The Balaban J connectivity index is -0.0000000133. The quantitative estimate of drug-likeness (QED) is 0.317. The molecule has 0 aliphatic heterocycles. The van der Waals surface area contributed by atoms with Gasteiger partial charge in [0, 0.05) is 23.3 Å². The molecule has 0 heterocycles. The van der Waals surface area contributed by atoms with Gasteiger partial charge in [-0.05, 0) is 0 Å². The summed E-state index contributed by atoms with van der Waals surface area (Å²) in [6.45, 7) is 0. The molecule has 0 atom stereocenters. The maximum Gasteiger partial charge on any atom is 0 e. The molecule has 0 saturated carbocycles. The Morgan fingerprint density at radius 1 is 1.11 bits per heavy atom. The molecule has 0 aromatic rings. The Kier molecular flexibility index (Phi) is 42.5. The normalized spacial score (nSPS) is 6.56. The maximum atomic E-state index is 8.88. The molecule has 5 nitrogen and oxygen atoms in total. The molecule has 9 heavy (non-hydrogen) atoms. The van der Waals surface area contributed by atoms with Crippen LogP contribution in [0.4, 0.5) is 4.70 Å². The van der Waals surface area contributed by atoms with Crippen molar-refractivity contribution in [2.45, 2.75) is 0 Å². The first kappa shape index (κ1) is 31.2. The minimum absolute atomic E-state index is 0. The van der Waals surface area contributed by atoms with Crippen LogP contribution in [0.2, 0.25) is 0 Å². The van der Waals surface area contributed by atoms with Gasteiger partial charge < -0.3 is 20.2 Å². The van der Waals surface area contributed by atoms with Gasteiger partial charge in [-0.25, -0.2) is 4.57 Å². The number of phosphoric acid groups is 1. The number of halogens is 1. The molecule has 0 spiro atoms. The molecule has 54 valence electrons. The molecule has 0 aromatic carbocycles. The third-order valence-corrected chi connectivity index (χ3v) is 0. The third-order valence-electron chi connectivity index (χ3n) is 0. The van der Waals surface area contributed by atoms with Crippen molar-refractivity contribution in [2.75, 3.05) is 0 Å². The first-order chi connectivity index (χ1) is 2.00. The van der Waals surface area contributed by atoms with Crippen molar-refractivity contribution in [2.24, 2.45) is 0 Å². The van der Waals surface area contributed by atoms with E-state index in [1.165, 1.54) is 0 Å². The van der Waals surface area contributed by atoms with E-state index in [9.17, 15) is 0 Å². The van der Waals surface area contributed by atoms with Crippen LogP contribution in [0.5, 0.6) is 0 Å². The largest absolute Gasteiger partial charge is 0 e. The van der Waals surface area contributed by atoms with Crippen LogP contribution >= 0.6 is 7.82 Å². The second-order valence-corrected chi connectivity index (χ2v) is 1.54. The van der Waals surface area contributed by atoms with Gasteiger partial charge in [0.05, 0.1) is 0 Å². The first-order valence-electron chi connectivity index (χ1n) is 0.783. The van der Waals surface area contributed by atoms with Gasteiger partial charge in [0.15, 0.2) is 0 Å². The zero-order valence-corrected chi connectivity index (χ0v) is 5.81. The van der Waals surface area contributed by atoms with E-state index in [1.54, 1.807) is 0 Å². The second kappa shape index (κ2) is 12.3. The molecule has 2 radical (unpaired) electrons. The summed E-state index contributed by atoms with van der Waals surface area (Å²) in [6.07, 6.45) is 0. The molecule has 0 amide bonds. The Morgan fingerprint density at radius 2 is 1.11 bits per heavy atom. The molecule has 0 fully saturated rings. The smallest absolute Gasteiger partial charge is 0 e. The van der Waals surface area contributed by atoms with E-state index in [0.717, 1.165) is 0 Å². The molecular formula is H6FNaO5PV. The van der Waals surface area contributed by atoms with Crippen molar-refractivity contribution in [1.82, 2.24) is 0 Å². The van der Waals surface area contributed by atoms with E-state index >= 15 is 0 Å². The van der Waals surface area contributed by atoms with Crippen LogP contribution in [0.1, 0.15) is 0 Å². The average molecular weight is 210 g/mol. The molecular weight excluding hydrogens is 204 g/mol. The maximum absolute atomic E-state index is 8.88. The third kappa shape index (κ3) is 220. The predicted molar refractivity (Wildman–Crippen MR) is 26.1 cm³/mol. The van der Waals surface area contributed by atoms with Crippen molar-refractivity contribution >= 4 is 37.4 Å². The molecule has 0 bridgehead atoms. The van der Waals surface area contributed by atoms with E-state index in [1.807, 2.05) is 0 Å². The summed E-state index contributed by atoms with van der Waals surface area (Å²) in [5.41, 5.74) is 0. The second-order valence-electron chi connectivity index (χ2n) is 0.513. The molecule has 0 saturated heterocycles. The van der Waals surface area contributed by atoms with E-state index in [4.69, 9.17) is 19.2 Å². The molecule has 0 unspecified atom stereocenters. The Labute approximate surface area is 84.9 Å². The number of hydrogen-bond acceptors (Lipinski definition) is 1. The molecule has 0 aromatic heterocycles. The summed E-state index contributed by atoms with van der Waals surface area (Å²) in [5.74, 6) is 0. The molecule has 5 N–H and O–H groups in total. The van der Waals surface area contributed by atoms with Crippen LogP contribution in [0.3, 0.4) is 0 Å². The Bertz CT molecular complexity index is 63.1. The Hall–Kier alpha value is 1.58. The van der Waals surface area contributed by atoms with Gasteiger partial charge in [0.2, 0.25) is 0 Å². The SMILES string of the molecule is O.O=P(O)(O)O.[F].[NaH].[V]. The van der Waals surface area contributed by atoms with E-state index in [2.05, 4.69) is 0 Å². The van der Waals surface area contributed by atoms with Crippen LogP contribution in [-0.4, -0.2) is 49.7 Å². The van der Waals surface area contributed by atoms with Gasteiger partial charge in [-0.2, -0.15) is 0 Å². The summed E-state index contributed by atoms with van der Waals surface area (Å²) in [5, 5.41) is 0. The van der Waals surface area contributed by atoms with Gasteiger partial charge in [0.25, 0.3) is 0 Å². The fourth-order valence-corrected chi connectivity index (χ4v) is 0. The van der Waals surface area contributed by atoms with Crippen LogP contribution in [0.25, 0.3) is 0 Å². The van der Waals surface area contributed by atoms with Gasteiger partial charge in [0.1, 0.15) is 0 Å². The summed E-state index contributed by atoms with van der Waals surface area (Å²) in [4.78, 5) is 21.6. The minimum Gasteiger partial charge on any atom is 0 e. The van der Waals surface area contributed by atoms with Gasteiger partial charge in [-0.1, -0.05) is 0 Å². The van der Waals surface area contributed by atoms with E-state index < -0.39 is 7.82 Å². The summed E-state index contributed by atoms with van der Waals surface area (Å²) >= 11 is 0. The van der Waals surface area contributed by atoms with Crippen LogP contribution in [0, 0.1) is 0 Å². The van der Waals surface area contributed by atoms with Crippen molar-refractivity contribution in [3.63, 3.8) is 0 Å². The molecule has 0 aliphatic rings. The van der Waals surface area contributed by atoms with Crippen molar-refractivity contribution in [3.8, 4) is 0 Å². The molecule has 9 heteroatoms. The van der Waals surface area contributed by atoms with Gasteiger partial charge >= 0.3 is 37.4 Å². The molecule has 0 aliphatic carbocycles. The molecule has 0 rings (SSSR count). The zero-order chi connectivity index (χ0) is 4.50. The fraction of sp³-hybridized carbons (Fsp3) is 0. The first-order valence-corrected chi connectivity index (χ1v) is 2.35. The fourth-order valence-electron chi connectivity index (χ4n) is 0. The summed E-state index contributed by atoms with van der Waals surface area (Å²) in [7, 11) is -4.64. The van der Waals surface area contributed by atoms with Gasteiger partial charge in [-0.3, -0.25) is 0 Å².